The van der Waals surface area contributed by atoms with Crippen molar-refractivity contribution in [3.8, 4) is 5.75 Å². The van der Waals surface area contributed by atoms with Gasteiger partial charge >= 0.3 is 5.97 Å². The highest BCUT2D eigenvalue weighted by Gasteiger charge is 2.22. The van der Waals surface area contributed by atoms with Crippen LogP contribution in [0.5, 0.6) is 5.75 Å². The summed E-state index contributed by atoms with van der Waals surface area (Å²) in [5, 5.41) is 7.11. The summed E-state index contributed by atoms with van der Waals surface area (Å²) >= 11 is 0. The van der Waals surface area contributed by atoms with E-state index in [-0.39, 0.29) is 18.1 Å². The molecule has 0 N–H and O–H groups in total. The third-order valence-electron chi connectivity index (χ3n) is 6.56. The molecule has 0 aliphatic heterocycles. The predicted molar refractivity (Wildman–Crippen MR) is 136 cm³/mol. The van der Waals surface area contributed by atoms with Crippen LogP contribution < -0.4 is 10.3 Å². The average molecular weight is 470 g/mol. The number of benzene rings is 3. The van der Waals surface area contributed by atoms with Gasteiger partial charge in [-0.3, -0.25) is 4.79 Å². The highest BCUT2D eigenvalue weighted by Crippen LogP contribution is 2.32. The fourth-order valence-corrected chi connectivity index (χ4v) is 4.72. The summed E-state index contributed by atoms with van der Waals surface area (Å²) in [6, 6.07) is 19.0. The van der Waals surface area contributed by atoms with Gasteiger partial charge in [-0.25, -0.2) is 9.78 Å². The van der Waals surface area contributed by atoms with Gasteiger partial charge in [0.2, 0.25) is 0 Å². The second-order valence-corrected chi connectivity index (χ2v) is 8.75. The molecule has 1 saturated carbocycles. The number of para-hydroxylation sites is 1. The van der Waals surface area contributed by atoms with Gasteiger partial charge in [-0.15, -0.1) is 0 Å². The van der Waals surface area contributed by atoms with E-state index in [4.69, 9.17) is 14.5 Å². The van der Waals surface area contributed by atoms with Crippen LogP contribution in [0.25, 0.3) is 21.7 Å². The van der Waals surface area contributed by atoms with Gasteiger partial charge < -0.3 is 9.47 Å². The van der Waals surface area contributed by atoms with E-state index in [1.165, 1.54) is 18.2 Å². The van der Waals surface area contributed by atoms with Crippen LogP contribution in [0.4, 0.5) is 0 Å². The summed E-state index contributed by atoms with van der Waals surface area (Å²) in [5.74, 6) is 0.886. The zero-order chi connectivity index (χ0) is 24.2. The summed E-state index contributed by atoms with van der Waals surface area (Å²) < 4.78 is 11.9. The Labute approximate surface area is 203 Å². The fourth-order valence-electron chi connectivity index (χ4n) is 4.72. The molecule has 3 aromatic carbocycles. The van der Waals surface area contributed by atoms with Gasteiger partial charge in [0, 0.05) is 11.5 Å². The SMILES string of the molecule is COC(=O)COc1ccc2ccccc2c1C=Nn1c(C2CCCCC2)nc2ccccc2c1=O. The first-order valence-electron chi connectivity index (χ1n) is 11.9. The van der Waals surface area contributed by atoms with Crippen molar-refractivity contribution in [2.75, 3.05) is 13.7 Å². The number of esters is 1. The maximum absolute atomic E-state index is 13.5. The van der Waals surface area contributed by atoms with Crippen molar-refractivity contribution in [3.05, 3.63) is 82.4 Å². The Morgan fingerprint density at radius 2 is 1.77 bits per heavy atom. The van der Waals surface area contributed by atoms with Crippen molar-refractivity contribution >= 4 is 33.9 Å². The number of rotatable bonds is 6. The summed E-state index contributed by atoms with van der Waals surface area (Å²) in [7, 11) is 1.32. The highest BCUT2D eigenvalue weighted by molar-refractivity contribution is 6.02. The highest BCUT2D eigenvalue weighted by atomic mass is 16.6. The molecular weight excluding hydrogens is 442 g/mol. The molecule has 7 heteroatoms. The van der Waals surface area contributed by atoms with Crippen LogP contribution in [0.15, 0.2) is 70.6 Å². The van der Waals surface area contributed by atoms with Crippen LogP contribution in [-0.2, 0) is 9.53 Å². The first-order valence-corrected chi connectivity index (χ1v) is 11.9. The Morgan fingerprint density at radius 1 is 1.03 bits per heavy atom. The molecule has 1 aliphatic rings. The topological polar surface area (TPSA) is 82.8 Å². The molecule has 1 aromatic heterocycles. The molecule has 5 rings (SSSR count). The molecule has 0 bridgehead atoms. The molecule has 0 saturated heterocycles. The first-order chi connectivity index (χ1) is 17.2. The lowest BCUT2D eigenvalue weighted by molar-refractivity contribution is -0.142. The maximum Gasteiger partial charge on any atom is 0.343 e. The Bertz CT molecular complexity index is 1470. The molecular formula is C28H27N3O4. The van der Waals surface area contributed by atoms with Gasteiger partial charge in [-0.2, -0.15) is 9.78 Å². The third-order valence-corrected chi connectivity index (χ3v) is 6.56. The number of carbonyl (C=O) groups excluding carboxylic acids is 1. The average Bonchev–Trinajstić information content (AvgIpc) is 2.91. The Hall–Kier alpha value is -4.00. The molecule has 0 radical (unpaired) electrons. The van der Waals surface area contributed by atoms with Crippen molar-refractivity contribution in [1.82, 2.24) is 9.66 Å². The van der Waals surface area contributed by atoms with Gasteiger partial charge in [0.05, 0.1) is 24.2 Å². The molecule has 7 nitrogen and oxygen atoms in total. The summed E-state index contributed by atoms with van der Waals surface area (Å²) in [4.78, 5) is 30.1. The lowest BCUT2D eigenvalue weighted by Gasteiger charge is -2.22. The van der Waals surface area contributed by atoms with E-state index >= 15 is 0 Å². The largest absolute Gasteiger partial charge is 0.481 e. The molecule has 1 fully saturated rings. The van der Waals surface area contributed by atoms with E-state index in [0.29, 0.717) is 28.0 Å². The predicted octanol–water partition coefficient (Wildman–Crippen LogP) is 5.03. The van der Waals surface area contributed by atoms with Crippen LogP contribution in [0.1, 0.15) is 49.4 Å². The van der Waals surface area contributed by atoms with E-state index in [1.807, 2.05) is 48.5 Å². The van der Waals surface area contributed by atoms with E-state index in [1.54, 1.807) is 18.3 Å². The molecule has 178 valence electrons. The number of hydrogen-bond donors (Lipinski definition) is 0. The Kier molecular flexibility index (Phi) is 6.57. The van der Waals surface area contributed by atoms with Gasteiger partial charge in [0.25, 0.3) is 5.56 Å². The van der Waals surface area contributed by atoms with Gasteiger partial charge in [0.1, 0.15) is 11.6 Å². The first kappa shape index (κ1) is 22.8. The van der Waals surface area contributed by atoms with E-state index in [9.17, 15) is 9.59 Å². The number of hydrogen-bond acceptors (Lipinski definition) is 6. The van der Waals surface area contributed by atoms with Crippen LogP contribution in [0.3, 0.4) is 0 Å². The summed E-state index contributed by atoms with van der Waals surface area (Å²) in [6.45, 7) is -0.222. The lowest BCUT2D eigenvalue weighted by Crippen LogP contribution is -2.25. The standard InChI is InChI=1S/C28H27N3O4/c1-34-26(32)18-35-25-16-15-19-9-5-6-12-21(19)23(25)17-29-31-27(20-10-3-2-4-11-20)30-24-14-8-7-13-22(24)28(31)33/h5-9,12-17,20H,2-4,10-11,18H2,1H3. The monoisotopic (exact) mass is 469 g/mol. The van der Waals surface area contributed by atoms with Crippen molar-refractivity contribution in [2.24, 2.45) is 5.10 Å². The number of ether oxygens (including phenoxy) is 2. The van der Waals surface area contributed by atoms with Gasteiger partial charge in [0.15, 0.2) is 6.61 Å². The maximum atomic E-state index is 13.5. The molecule has 35 heavy (non-hydrogen) atoms. The smallest absolute Gasteiger partial charge is 0.343 e. The number of nitrogens with zero attached hydrogens (tertiary/aromatic N) is 3. The van der Waals surface area contributed by atoms with Gasteiger partial charge in [-0.1, -0.05) is 61.7 Å². The second-order valence-electron chi connectivity index (χ2n) is 8.75. The van der Waals surface area contributed by atoms with Crippen LogP contribution in [-0.4, -0.2) is 35.6 Å². The van der Waals surface area contributed by atoms with Crippen molar-refractivity contribution in [3.63, 3.8) is 0 Å². The molecule has 0 amide bonds. The number of aromatic nitrogens is 2. The van der Waals surface area contributed by atoms with Crippen molar-refractivity contribution in [1.29, 1.82) is 0 Å². The van der Waals surface area contributed by atoms with Gasteiger partial charge in [-0.05, 0) is 41.8 Å². The molecule has 0 unspecified atom stereocenters. The van der Waals surface area contributed by atoms with Crippen molar-refractivity contribution < 1.29 is 14.3 Å². The molecule has 1 heterocycles. The quantitative estimate of drug-likeness (QED) is 0.292. The normalized spacial score (nSPS) is 14.5. The minimum Gasteiger partial charge on any atom is -0.481 e. The summed E-state index contributed by atoms with van der Waals surface area (Å²) in [6.07, 6.45) is 7.05. The Morgan fingerprint density at radius 3 is 2.57 bits per heavy atom. The lowest BCUT2D eigenvalue weighted by atomic mass is 9.88. The molecule has 1 aliphatic carbocycles. The summed E-state index contributed by atoms with van der Waals surface area (Å²) in [5.41, 5.74) is 1.18. The third kappa shape index (κ3) is 4.67. The fraction of sp³-hybridized carbons (Fsp3) is 0.286. The van der Waals surface area contributed by atoms with Crippen LogP contribution >= 0.6 is 0 Å². The van der Waals surface area contributed by atoms with E-state index in [2.05, 4.69) is 5.10 Å². The van der Waals surface area contributed by atoms with Crippen LogP contribution in [0.2, 0.25) is 0 Å². The second kappa shape index (κ2) is 10.1. The molecule has 0 atom stereocenters. The number of fused-ring (bicyclic) bond motifs is 2. The molecule has 0 spiro atoms. The zero-order valence-corrected chi connectivity index (χ0v) is 19.6. The number of carbonyl (C=O) groups is 1. The Balaban J connectivity index is 1.65. The van der Waals surface area contributed by atoms with Crippen LogP contribution in [0, 0.1) is 0 Å². The minimum atomic E-state index is -0.476. The van der Waals surface area contributed by atoms with E-state index in [0.717, 1.165) is 36.5 Å². The number of methoxy groups -OCH3 is 1. The van der Waals surface area contributed by atoms with E-state index < -0.39 is 5.97 Å². The van der Waals surface area contributed by atoms with Crippen molar-refractivity contribution in [2.45, 2.75) is 38.0 Å². The minimum absolute atomic E-state index is 0.181. The zero-order valence-electron chi connectivity index (χ0n) is 19.6. The molecule has 4 aromatic rings.